The Morgan fingerprint density at radius 1 is 1.10 bits per heavy atom. The molecule has 0 saturated carbocycles. The third-order valence-electron chi connectivity index (χ3n) is 5.76. The Kier molecular flexibility index (Phi) is 6.57. The summed E-state index contributed by atoms with van der Waals surface area (Å²) in [5.41, 5.74) is 3.96. The summed E-state index contributed by atoms with van der Waals surface area (Å²) >= 11 is 0. The van der Waals surface area contributed by atoms with Gasteiger partial charge in [0.2, 0.25) is 5.91 Å². The molecule has 1 aliphatic rings. The summed E-state index contributed by atoms with van der Waals surface area (Å²) in [6.07, 6.45) is 5.47. The molecule has 1 N–H and O–H groups in total. The molecule has 3 aromatic rings. The number of anilines is 1. The minimum atomic E-state index is 0.0175. The highest BCUT2D eigenvalue weighted by Crippen LogP contribution is 2.31. The number of hydrogen-bond acceptors (Lipinski definition) is 5. The van der Waals surface area contributed by atoms with Crippen LogP contribution >= 0.6 is 0 Å². The average molecular weight is 417 g/mol. The number of piperidine rings is 1. The van der Waals surface area contributed by atoms with Gasteiger partial charge < -0.3 is 10.1 Å². The number of aryl methyl sites for hydroxylation is 1. The van der Waals surface area contributed by atoms with E-state index in [4.69, 9.17) is 4.74 Å². The first-order chi connectivity index (χ1) is 15.1. The van der Waals surface area contributed by atoms with Gasteiger partial charge in [0.25, 0.3) is 0 Å². The van der Waals surface area contributed by atoms with Crippen molar-refractivity contribution in [3.63, 3.8) is 0 Å². The number of amides is 1. The number of nitrogens with zero attached hydrogens (tertiary/aromatic N) is 3. The van der Waals surface area contributed by atoms with Crippen molar-refractivity contribution in [1.29, 1.82) is 0 Å². The van der Waals surface area contributed by atoms with E-state index in [1.807, 2.05) is 67.8 Å². The van der Waals surface area contributed by atoms with E-state index in [0.717, 1.165) is 66.4 Å². The Morgan fingerprint density at radius 3 is 2.58 bits per heavy atom. The Hall–Kier alpha value is -3.25. The van der Waals surface area contributed by atoms with Crippen LogP contribution in [0.25, 0.3) is 11.1 Å². The summed E-state index contributed by atoms with van der Waals surface area (Å²) in [5.74, 6) is 1.69. The highest BCUT2D eigenvalue weighted by Gasteiger charge is 2.25. The topological polar surface area (TPSA) is 67.3 Å². The van der Waals surface area contributed by atoms with Crippen LogP contribution in [0.3, 0.4) is 0 Å². The van der Waals surface area contributed by atoms with E-state index in [9.17, 15) is 4.79 Å². The van der Waals surface area contributed by atoms with Crippen LogP contribution in [0.5, 0.6) is 5.75 Å². The van der Waals surface area contributed by atoms with E-state index in [-0.39, 0.29) is 11.8 Å². The van der Waals surface area contributed by atoms with Crippen molar-refractivity contribution in [3.05, 3.63) is 72.3 Å². The van der Waals surface area contributed by atoms with Crippen LogP contribution in [0.15, 0.2) is 60.9 Å². The molecule has 1 amide bonds. The normalized spacial score (nSPS) is 14.9. The maximum atomic E-state index is 13.0. The lowest BCUT2D eigenvalue weighted by atomic mass is 9.95. The summed E-state index contributed by atoms with van der Waals surface area (Å²) in [4.78, 5) is 23.9. The fourth-order valence-electron chi connectivity index (χ4n) is 3.98. The minimum Gasteiger partial charge on any atom is -0.497 e. The zero-order chi connectivity index (χ0) is 21.6. The monoisotopic (exact) mass is 416 g/mol. The second-order valence-electron chi connectivity index (χ2n) is 7.96. The molecule has 6 nitrogen and oxygen atoms in total. The zero-order valence-electron chi connectivity index (χ0n) is 18.0. The van der Waals surface area contributed by atoms with Crippen molar-refractivity contribution in [1.82, 2.24) is 14.9 Å². The summed E-state index contributed by atoms with van der Waals surface area (Å²) in [5, 5.41) is 3.17. The molecule has 2 heterocycles. The molecule has 4 rings (SSSR count). The van der Waals surface area contributed by atoms with Gasteiger partial charge in [-0.25, -0.2) is 9.97 Å². The molecule has 1 aromatic heterocycles. The van der Waals surface area contributed by atoms with Gasteiger partial charge in [0, 0.05) is 41.7 Å². The molecule has 2 aromatic carbocycles. The molecule has 0 bridgehead atoms. The Balaban J connectivity index is 1.38. The average Bonchev–Trinajstić information content (AvgIpc) is 2.81. The first-order valence-electron chi connectivity index (χ1n) is 10.7. The number of ether oxygens (including phenoxy) is 1. The SMILES string of the molecule is COc1cccc(-c2ccccc2NC(=O)C2CCN(Cc3cnc(C)nc3)CC2)c1. The van der Waals surface area contributed by atoms with Crippen LogP contribution in [0.2, 0.25) is 0 Å². The number of nitrogens with one attached hydrogen (secondary N) is 1. The Bertz CT molecular complexity index is 1030. The number of carbonyl (C=O) groups is 1. The van der Waals surface area contributed by atoms with Crippen LogP contribution in [0.4, 0.5) is 5.69 Å². The van der Waals surface area contributed by atoms with Gasteiger partial charge in [-0.2, -0.15) is 0 Å². The largest absolute Gasteiger partial charge is 0.497 e. The Labute approximate surface area is 183 Å². The number of rotatable bonds is 6. The molecule has 160 valence electrons. The first-order valence-corrected chi connectivity index (χ1v) is 10.7. The second-order valence-corrected chi connectivity index (χ2v) is 7.96. The number of aromatic nitrogens is 2. The van der Waals surface area contributed by atoms with E-state index in [0.29, 0.717) is 0 Å². The van der Waals surface area contributed by atoms with Crippen molar-refractivity contribution < 1.29 is 9.53 Å². The lowest BCUT2D eigenvalue weighted by molar-refractivity contribution is -0.121. The van der Waals surface area contributed by atoms with Crippen LogP contribution < -0.4 is 10.1 Å². The number of hydrogen-bond donors (Lipinski definition) is 1. The standard InChI is InChI=1S/C25H28N4O2/c1-18-26-15-19(16-27-18)17-29-12-10-20(11-13-29)25(30)28-24-9-4-3-8-23(24)21-6-5-7-22(14-21)31-2/h3-9,14-16,20H,10-13,17H2,1-2H3,(H,28,30). The summed E-state index contributed by atoms with van der Waals surface area (Å²) in [6.45, 7) is 4.50. The van der Waals surface area contributed by atoms with Gasteiger partial charge in [-0.15, -0.1) is 0 Å². The third kappa shape index (κ3) is 5.27. The third-order valence-corrected chi connectivity index (χ3v) is 5.76. The quantitative estimate of drug-likeness (QED) is 0.649. The van der Waals surface area contributed by atoms with Gasteiger partial charge in [-0.1, -0.05) is 30.3 Å². The molecule has 1 fully saturated rings. The van der Waals surface area contributed by atoms with Crippen molar-refractivity contribution in [2.24, 2.45) is 5.92 Å². The number of benzene rings is 2. The Morgan fingerprint density at radius 2 is 1.84 bits per heavy atom. The maximum Gasteiger partial charge on any atom is 0.227 e. The van der Waals surface area contributed by atoms with Crippen molar-refractivity contribution >= 4 is 11.6 Å². The van der Waals surface area contributed by atoms with E-state index in [1.54, 1.807) is 7.11 Å². The van der Waals surface area contributed by atoms with Crippen molar-refractivity contribution in [2.45, 2.75) is 26.3 Å². The number of carbonyl (C=O) groups excluding carboxylic acids is 1. The second kappa shape index (κ2) is 9.71. The molecule has 0 aliphatic carbocycles. The van der Waals surface area contributed by atoms with Gasteiger partial charge in [0.15, 0.2) is 0 Å². The predicted molar refractivity (Wildman–Crippen MR) is 122 cm³/mol. The zero-order valence-corrected chi connectivity index (χ0v) is 18.0. The number of para-hydroxylation sites is 1. The summed E-state index contributed by atoms with van der Waals surface area (Å²) < 4.78 is 5.35. The molecule has 0 unspecified atom stereocenters. The fourth-order valence-corrected chi connectivity index (χ4v) is 3.98. The van der Waals surface area contributed by atoms with E-state index >= 15 is 0 Å². The predicted octanol–water partition coefficient (Wildman–Crippen LogP) is 4.31. The van der Waals surface area contributed by atoms with Crippen LogP contribution in [-0.2, 0) is 11.3 Å². The smallest absolute Gasteiger partial charge is 0.227 e. The highest BCUT2D eigenvalue weighted by atomic mass is 16.5. The molecular formula is C25H28N4O2. The number of likely N-dealkylation sites (tertiary alicyclic amines) is 1. The number of methoxy groups -OCH3 is 1. The maximum absolute atomic E-state index is 13.0. The van der Waals surface area contributed by atoms with Gasteiger partial charge in [-0.3, -0.25) is 9.69 Å². The van der Waals surface area contributed by atoms with Crippen molar-refractivity contribution in [3.8, 4) is 16.9 Å². The molecule has 0 spiro atoms. The van der Waals surface area contributed by atoms with Gasteiger partial charge in [0.05, 0.1) is 7.11 Å². The van der Waals surface area contributed by atoms with Gasteiger partial charge >= 0.3 is 0 Å². The van der Waals surface area contributed by atoms with Crippen molar-refractivity contribution in [2.75, 3.05) is 25.5 Å². The van der Waals surface area contributed by atoms with Crippen LogP contribution in [-0.4, -0.2) is 41.0 Å². The van der Waals surface area contributed by atoms with Gasteiger partial charge in [-0.05, 0) is 56.6 Å². The summed E-state index contributed by atoms with van der Waals surface area (Å²) in [7, 11) is 1.66. The van der Waals surface area contributed by atoms with E-state index in [2.05, 4.69) is 20.2 Å². The van der Waals surface area contributed by atoms with E-state index in [1.165, 1.54) is 0 Å². The molecular weight excluding hydrogens is 388 g/mol. The molecule has 0 atom stereocenters. The van der Waals surface area contributed by atoms with Gasteiger partial charge in [0.1, 0.15) is 11.6 Å². The molecule has 1 saturated heterocycles. The minimum absolute atomic E-state index is 0.0175. The van der Waals surface area contributed by atoms with Crippen LogP contribution in [0.1, 0.15) is 24.2 Å². The lowest BCUT2D eigenvalue weighted by Crippen LogP contribution is -2.37. The molecule has 6 heteroatoms. The lowest BCUT2D eigenvalue weighted by Gasteiger charge is -2.31. The van der Waals surface area contributed by atoms with E-state index < -0.39 is 0 Å². The molecule has 1 aliphatic heterocycles. The fraction of sp³-hybridized carbons (Fsp3) is 0.320. The summed E-state index contributed by atoms with van der Waals surface area (Å²) in [6, 6.07) is 15.8. The van der Waals surface area contributed by atoms with Crippen LogP contribution in [0, 0.1) is 12.8 Å². The molecule has 31 heavy (non-hydrogen) atoms. The molecule has 0 radical (unpaired) electrons. The first kappa shape index (κ1) is 21.0. The highest BCUT2D eigenvalue weighted by molar-refractivity contribution is 5.96.